The molecule has 1 heterocycles. The fourth-order valence-corrected chi connectivity index (χ4v) is 2.88. The van der Waals surface area contributed by atoms with Gasteiger partial charge in [0.15, 0.2) is 5.69 Å². The number of pyridine rings is 1. The molecule has 4 nitrogen and oxygen atoms in total. The highest BCUT2D eigenvalue weighted by atomic mass is 16.4. The standard InChI is InChI=1S/C17H18N2O2/c20-17(21)15-9-12-3-1-2-4-14(12)16(18-15)19(13-7-8-13)10-11-5-6-11/h1-4,9,11,13H,5-8,10H2,(H,20,21). The van der Waals surface area contributed by atoms with E-state index in [0.717, 1.165) is 29.1 Å². The quantitative estimate of drug-likeness (QED) is 0.914. The van der Waals surface area contributed by atoms with Gasteiger partial charge in [0, 0.05) is 18.0 Å². The maximum Gasteiger partial charge on any atom is 0.354 e. The van der Waals surface area contributed by atoms with Gasteiger partial charge in [-0.05, 0) is 43.1 Å². The summed E-state index contributed by atoms with van der Waals surface area (Å²) in [6, 6.07) is 10.2. The smallest absolute Gasteiger partial charge is 0.354 e. The minimum Gasteiger partial charge on any atom is -0.477 e. The Morgan fingerprint density at radius 3 is 2.67 bits per heavy atom. The second kappa shape index (κ2) is 4.72. The number of nitrogens with zero attached hydrogens (tertiary/aromatic N) is 2. The van der Waals surface area contributed by atoms with Crippen LogP contribution in [0, 0.1) is 5.92 Å². The van der Waals surface area contributed by atoms with Gasteiger partial charge in [0.2, 0.25) is 0 Å². The van der Waals surface area contributed by atoms with Crippen molar-refractivity contribution in [3.63, 3.8) is 0 Å². The van der Waals surface area contributed by atoms with E-state index in [4.69, 9.17) is 0 Å². The molecule has 2 saturated carbocycles. The maximum atomic E-state index is 11.4. The Morgan fingerprint density at radius 1 is 1.24 bits per heavy atom. The number of hydrogen-bond donors (Lipinski definition) is 1. The first kappa shape index (κ1) is 12.6. The fourth-order valence-electron chi connectivity index (χ4n) is 2.88. The lowest BCUT2D eigenvalue weighted by atomic mass is 10.1. The van der Waals surface area contributed by atoms with E-state index >= 15 is 0 Å². The summed E-state index contributed by atoms with van der Waals surface area (Å²) >= 11 is 0. The van der Waals surface area contributed by atoms with Gasteiger partial charge in [0.25, 0.3) is 0 Å². The Hall–Kier alpha value is -2.10. The number of anilines is 1. The molecular formula is C17H18N2O2. The molecule has 2 aliphatic carbocycles. The molecule has 1 aromatic carbocycles. The zero-order chi connectivity index (χ0) is 14.4. The van der Waals surface area contributed by atoms with Crippen LogP contribution in [0.25, 0.3) is 10.8 Å². The van der Waals surface area contributed by atoms with Crippen molar-refractivity contribution in [1.29, 1.82) is 0 Å². The monoisotopic (exact) mass is 282 g/mol. The first-order valence-electron chi connectivity index (χ1n) is 7.62. The number of hydrogen-bond acceptors (Lipinski definition) is 3. The zero-order valence-electron chi connectivity index (χ0n) is 11.8. The first-order valence-corrected chi connectivity index (χ1v) is 7.62. The Morgan fingerprint density at radius 2 is 2.00 bits per heavy atom. The lowest BCUT2D eigenvalue weighted by molar-refractivity contribution is 0.0691. The third kappa shape index (κ3) is 2.46. The molecule has 0 spiro atoms. The Balaban J connectivity index is 1.85. The van der Waals surface area contributed by atoms with Crippen molar-refractivity contribution in [1.82, 2.24) is 4.98 Å². The lowest BCUT2D eigenvalue weighted by Gasteiger charge is -2.25. The molecule has 0 bridgehead atoms. The second-order valence-corrected chi connectivity index (χ2v) is 6.18. The molecule has 1 aromatic heterocycles. The Bertz CT molecular complexity index is 705. The molecule has 1 N–H and O–H groups in total. The number of carbonyl (C=O) groups is 1. The SMILES string of the molecule is O=C(O)c1cc2ccccc2c(N(CC2CC2)C2CC2)n1. The topological polar surface area (TPSA) is 53.4 Å². The van der Waals surface area contributed by atoms with E-state index < -0.39 is 5.97 Å². The van der Waals surface area contributed by atoms with Crippen LogP contribution in [-0.4, -0.2) is 28.6 Å². The van der Waals surface area contributed by atoms with Crippen molar-refractivity contribution in [2.24, 2.45) is 5.92 Å². The number of fused-ring (bicyclic) bond motifs is 1. The Labute approximate surface area is 123 Å². The summed E-state index contributed by atoms with van der Waals surface area (Å²) in [7, 11) is 0. The van der Waals surface area contributed by atoms with E-state index in [1.807, 2.05) is 24.3 Å². The maximum absolute atomic E-state index is 11.4. The molecule has 0 unspecified atom stereocenters. The van der Waals surface area contributed by atoms with Crippen molar-refractivity contribution < 1.29 is 9.90 Å². The van der Waals surface area contributed by atoms with Gasteiger partial charge in [0.1, 0.15) is 5.82 Å². The van der Waals surface area contributed by atoms with E-state index in [2.05, 4.69) is 9.88 Å². The zero-order valence-corrected chi connectivity index (χ0v) is 11.8. The van der Waals surface area contributed by atoms with Crippen LogP contribution in [0.15, 0.2) is 30.3 Å². The van der Waals surface area contributed by atoms with Gasteiger partial charge in [-0.1, -0.05) is 24.3 Å². The van der Waals surface area contributed by atoms with Crippen molar-refractivity contribution in [2.75, 3.05) is 11.4 Å². The number of carboxylic acids is 1. The number of rotatable bonds is 5. The Kier molecular flexibility index (Phi) is 2.84. The number of aromatic carboxylic acids is 1. The van der Waals surface area contributed by atoms with Crippen LogP contribution in [-0.2, 0) is 0 Å². The molecule has 21 heavy (non-hydrogen) atoms. The largest absolute Gasteiger partial charge is 0.477 e. The predicted molar refractivity (Wildman–Crippen MR) is 81.8 cm³/mol. The third-order valence-electron chi connectivity index (χ3n) is 4.35. The van der Waals surface area contributed by atoms with Crippen LogP contribution in [0.4, 0.5) is 5.82 Å². The normalized spacial score (nSPS) is 17.9. The highest BCUT2D eigenvalue weighted by Gasteiger charge is 2.35. The fraction of sp³-hybridized carbons (Fsp3) is 0.412. The molecule has 2 aromatic rings. The lowest BCUT2D eigenvalue weighted by Crippen LogP contribution is -2.29. The van der Waals surface area contributed by atoms with Crippen LogP contribution in [0.1, 0.15) is 36.2 Å². The number of carboxylic acid groups (broad SMARTS) is 1. The second-order valence-electron chi connectivity index (χ2n) is 6.18. The van der Waals surface area contributed by atoms with Crippen molar-refractivity contribution >= 4 is 22.6 Å². The van der Waals surface area contributed by atoms with E-state index in [0.29, 0.717) is 6.04 Å². The van der Waals surface area contributed by atoms with Crippen LogP contribution >= 0.6 is 0 Å². The summed E-state index contributed by atoms with van der Waals surface area (Å²) in [4.78, 5) is 18.2. The summed E-state index contributed by atoms with van der Waals surface area (Å²) < 4.78 is 0. The van der Waals surface area contributed by atoms with Crippen molar-refractivity contribution in [3.05, 3.63) is 36.0 Å². The van der Waals surface area contributed by atoms with Gasteiger partial charge in [-0.25, -0.2) is 9.78 Å². The highest BCUT2D eigenvalue weighted by molar-refractivity contribution is 5.98. The van der Waals surface area contributed by atoms with Crippen molar-refractivity contribution in [2.45, 2.75) is 31.7 Å². The number of benzene rings is 1. The van der Waals surface area contributed by atoms with E-state index in [9.17, 15) is 9.90 Å². The van der Waals surface area contributed by atoms with E-state index in [1.54, 1.807) is 6.07 Å². The summed E-state index contributed by atoms with van der Waals surface area (Å²) in [5, 5.41) is 11.3. The van der Waals surface area contributed by atoms with Gasteiger partial charge < -0.3 is 10.0 Å². The third-order valence-corrected chi connectivity index (χ3v) is 4.35. The first-order chi connectivity index (χ1) is 10.2. The van der Waals surface area contributed by atoms with E-state index in [-0.39, 0.29) is 5.69 Å². The molecular weight excluding hydrogens is 264 g/mol. The average molecular weight is 282 g/mol. The van der Waals surface area contributed by atoms with Crippen LogP contribution in [0.3, 0.4) is 0 Å². The van der Waals surface area contributed by atoms with Gasteiger partial charge in [-0.2, -0.15) is 0 Å². The molecule has 4 heteroatoms. The van der Waals surface area contributed by atoms with Crippen LogP contribution in [0.5, 0.6) is 0 Å². The number of aromatic nitrogens is 1. The summed E-state index contributed by atoms with van der Waals surface area (Å²) in [6.07, 6.45) is 4.97. The molecule has 2 fully saturated rings. The summed E-state index contributed by atoms with van der Waals surface area (Å²) in [5.41, 5.74) is 0.144. The molecule has 4 rings (SSSR count). The van der Waals surface area contributed by atoms with Gasteiger partial charge in [0.05, 0.1) is 0 Å². The molecule has 0 amide bonds. The van der Waals surface area contributed by atoms with Crippen molar-refractivity contribution in [3.8, 4) is 0 Å². The highest BCUT2D eigenvalue weighted by Crippen LogP contribution is 2.39. The van der Waals surface area contributed by atoms with Crippen LogP contribution in [0.2, 0.25) is 0 Å². The van der Waals surface area contributed by atoms with Crippen LogP contribution < -0.4 is 4.90 Å². The average Bonchev–Trinajstić information content (AvgIpc) is 3.37. The molecule has 0 saturated heterocycles. The van der Waals surface area contributed by atoms with Gasteiger partial charge >= 0.3 is 5.97 Å². The summed E-state index contributed by atoms with van der Waals surface area (Å²) in [5.74, 6) is 0.670. The molecule has 0 aliphatic heterocycles. The predicted octanol–water partition coefficient (Wildman–Crippen LogP) is 3.31. The minimum atomic E-state index is -0.954. The summed E-state index contributed by atoms with van der Waals surface area (Å²) in [6.45, 7) is 1.02. The van der Waals surface area contributed by atoms with Gasteiger partial charge in [-0.3, -0.25) is 0 Å². The molecule has 2 aliphatic rings. The van der Waals surface area contributed by atoms with E-state index in [1.165, 1.54) is 25.7 Å². The molecule has 108 valence electrons. The molecule has 0 radical (unpaired) electrons. The minimum absolute atomic E-state index is 0.144. The van der Waals surface area contributed by atoms with Gasteiger partial charge in [-0.15, -0.1) is 0 Å². The molecule has 0 atom stereocenters.